The predicted molar refractivity (Wildman–Crippen MR) is 560 cm³/mol. The second-order valence-electron chi connectivity index (χ2n) is 38.7. The van der Waals surface area contributed by atoms with Crippen LogP contribution in [-0.4, -0.2) is 378 Å². The first kappa shape index (κ1) is 106. The van der Waals surface area contributed by atoms with E-state index in [4.69, 9.17) is 59.0 Å². The molecule has 10 aliphatic heterocycles. The van der Waals surface area contributed by atoms with Crippen molar-refractivity contribution >= 4 is 52.4 Å². The highest BCUT2D eigenvalue weighted by atomic mass is 16.6. The number of benzene rings is 7. The van der Waals surface area contributed by atoms with Crippen LogP contribution in [0.3, 0.4) is 0 Å². The Morgan fingerprint density at radius 3 is 0.804 bits per heavy atom. The Morgan fingerprint density at radius 2 is 0.534 bits per heavy atom. The lowest BCUT2D eigenvalue weighted by atomic mass is 9.99. The third-order valence-electron chi connectivity index (χ3n) is 28.9. The molecule has 5 N–H and O–H groups in total. The van der Waals surface area contributed by atoms with Crippen molar-refractivity contribution in [2.75, 3.05) is 221 Å². The van der Waals surface area contributed by atoms with Gasteiger partial charge in [-0.1, -0.05) is 152 Å². The normalized spacial score (nSPS) is 22.9. The molecule has 5 unspecified atom stereocenters. The molecule has 148 heavy (non-hydrogen) atoms. The number of non-ortho nitro benzene ring substituents is 2. The molecule has 0 amide bonds. The zero-order chi connectivity index (χ0) is 102. The van der Waals surface area contributed by atoms with Crippen LogP contribution in [0.15, 0.2) is 262 Å². The maximum Gasteiger partial charge on any atom is 0.338 e. The van der Waals surface area contributed by atoms with E-state index >= 15 is 0 Å². The molecule has 10 saturated heterocycles. The van der Waals surface area contributed by atoms with Crippen LogP contribution in [0.4, 0.5) is 40.5 Å². The van der Waals surface area contributed by atoms with Crippen LogP contribution in [0.25, 0.3) is 0 Å². The quantitative estimate of drug-likeness (QED) is 0.0202. The van der Waals surface area contributed by atoms with Crippen molar-refractivity contribution < 1.29 is 73.4 Å². The molecule has 15 heterocycles. The van der Waals surface area contributed by atoms with Crippen molar-refractivity contribution in [2.24, 2.45) is 0 Å². The van der Waals surface area contributed by atoms with Gasteiger partial charge in [-0.3, -0.25) is 68.1 Å². The number of aromatic nitrogens is 10. The Balaban J connectivity index is 0.000000124. The highest BCUT2D eigenvalue weighted by molar-refractivity contribution is 5.90. The SMILES string of the molecule is O=C(O)c1ccc([N+](=O)[O-])cc1.O=C(O[C@H]1CCN(c2ccn(Cc3ccccc3)n2)CC1N1CCOCC1)c1ccc([N+](=O)[O-])cc1.OC1CN(c2ccn(Cc3ccccc3)n2)CC[C@H]1N1CCOCC1.O[C@@H]1CCN(c2ccn(Cc3ccccc3)n2)CC1N1CCOCC1.O[C@@H]1CCN(c2ccn(Cc3ccccc3)n2)CC1N1CCOCC1.O[C@H]1CCN(c2ccn(Cc3ccccc3)n2)CC1N1CCOCC1. The lowest BCUT2D eigenvalue weighted by Crippen LogP contribution is -2.59. The fourth-order valence-corrected chi connectivity index (χ4v) is 20.7. The zero-order valence-corrected chi connectivity index (χ0v) is 83.9. The van der Waals surface area contributed by atoms with E-state index in [0.717, 1.165) is 257 Å². The number of carboxylic acids is 1. The number of piperidine rings is 5. The number of carbonyl (C=O) groups is 2. The number of hydrogen-bond donors (Lipinski definition) is 5. The first-order valence-corrected chi connectivity index (χ1v) is 51.7. The Labute approximate surface area is 862 Å². The van der Waals surface area contributed by atoms with Gasteiger partial charge >= 0.3 is 11.9 Å². The lowest BCUT2D eigenvalue weighted by molar-refractivity contribution is -0.385. The van der Waals surface area contributed by atoms with Crippen LogP contribution in [0.2, 0.25) is 0 Å². The highest BCUT2D eigenvalue weighted by Gasteiger charge is 2.41. The molecular weight excluding hydrogens is 1890 g/mol. The lowest BCUT2D eigenvalue weighted by Gasteiger charge is -2.44. The van der Waals surface area contributed by atoms with Crippen molar-refractivity contribution in [3.63, 3.8) is 0 Å². The molecule has 5 aromatic heterocycles. The molecule has 10 atom stereocenters. The van der Waals surface area contributed by atoms with E-state index in [9.17, 15) is 50.2 Å². The summed E-state index contributed by atoms with van der Waals surface area (Å²) in [5.41, 5.74) is 6.35. The zero-order valence-electron chi connectivity index (χ0n) is 83.9. The summed E-state index contributed by atoms with van der Waals surface area (Å²) in [6.45, 7) is 28.0. The molecule has 7 aromatic carbocycles. The molecule has 39 nitrogen and oxygen atoms in total. The molecule has 0 radical (unpaired) electrons. The second kappa shape index (κ2) is 53.6. The van der Waals surface area contributed by atoms with Gasteiger partial charge in [-0.25, -0.2) is 9.59 Å². The Bertz CT molecular complexity index is 5690. The smallest absolute Gasteiger partial charge is 0.338 e. The van der Waals surface area contributed by atoms with E-state index in [0.29, 0.717) is 51.4 Å². The molecular formula is C109H138N22O17. The van der Waals surface area contributed by atoms with Gasteiger partial charge in [-0.05, 0) is 77.8 Å². The van der Waals surface area contributed by atoms with Crippen molar-refractivity contribution in [3.8, 4) is 0 Å². The van der Waals surface area contributed by atoms with Crippen LogP contribution >= 0.6 is 0 Å². The number of anilines is 5. The Morgan fingerprint density at radius 1 is 0.291 bits per heavy atom. The third kappa shape index (κ3) is 30.1. The minimum absolute atomic E-state index is 0.0103. The number of nitro benzene ring substituents is 2. The van der Waals surface area contributed by atoms with E-state index in [1.165, 1.54) is 64.2 Å². The minimum atomic E-state index is -1.09. The summed E-state index contributed by atoms with van der Waals surface area (Å²) in [5, 5.41) is 95.2. The van der Waals surface area contributed by atoms with E-state index in [1.807, 2.05) is 121 Å². The van der Waals surface area contributed by atoms with E-state index < -0.39 is 21.8 Å². The predicted octanol–water partition coefficient (Wildman–Crippen LogP) is 9.08. The molecule has 22 rings (SSSR count). The second-order valence-corrected chi connectivity index (χ2v) is 38.7. The van der Waals surface area contributed by atoms with Crippen LogP contribution in [0, 0.1) is 20.2 Å². The Hall–Kier alpha value is -13.2. The molecule has 12 aromatic rings. The van der Waals surface area contributed by atoms with Crippen LogP contribution in [0.5, 0.6) is 0 Å². The van der Waals surface area contributed by atoms with Crippen LogP contribution in [-0.2, 0) is 61.1 Å². The monoisotopic (exact) mass is 2030 g/mol. The van der Waals surface area contributed by atoms with Crippen molar-refractivity contribution in [1.82, 2.24) is 73.4 Å². The summed E-state index contributed by atoms with van der Waals surface area (Å²) < 4.78 is 43.1. The summed E-state index contributed by atoms with van der Waals surface area (Å²) in [7, 11) is 0. The molecule has 0 saturated carbocycles. The number of aliphatic hydroxyl groups is 4. The maximum atomic E-state index is 12.9. The number of rotatable bonds is 25. The van der Waals surface area contributed by atoms with Gasteiger partial charge in [0.05, 0.1) is 168 Å². The summed E-state index contributed by atoms with van der Waals surface area (Å²) in [6.07, 6.45) is 12.7. The Kier molecular flexibility index (Phi) is 38.4. The van der Waals surface area contributed by atoms with E-state index in [-0.39, 0.29) is 77.7 Å². The summed E-state index contributed by atoms with van der Waals surface area (Å²) >= 11 is 0. The van der Waals surface area contributed by atoms with Gasteiger partial charge < -0.3 is 78.5 Å². The van der Waals surface area contributed by atoms with Crippen LogP contribution < -0.4 is 24.5 Å². The largest absolute Gasteiger partial charge is 0.478 e. The average Bonchev–Trinajstić information content (AvgIpc) is 1.36. The van der Waals surface area contributed by atoms with Gasteiger partial charge in [0.1, 0.15) is 6.10 Å². The molecule has 39 heteroatoms. The topological polar surface area (TPSA) is 398 Å². The van der Waals surface area contributed by atoms with E-state index in [1.54, 1.807) is 0 Å². The summed E-state index contributed by atoms with van der Waals surface area (Å²) in [6, 6.07) is 73.0. The first-order chi connectivity index (χ1) is 72.3. The summed E-state index contributed by atoms with van der Waals surface area (Å²) in [4.78, 5) is 66.3. The number of hydrogen-bond acceptors (Lipinski definition) is 31. The maximum absolute atomic E-state index is 12.9. The van der Waals surface area contributed by atoms with Gasteiger partial charge in [-0.15, -0.1) is 0 Å². The molecule has 10 aliphatic rings. The first-order valence-electron chi connectivity index (χ1n) is 51.7. The number of esters is 1. The average molecular weight is 2030 g/mol. The van der Waals surface area contributed by atoms with Gasteiger partial charge in [0, 0.05) is 229 Å². The number of carbonyl (C=O) groups excluding carboxylic acids is 1. The number of aromatic carboxylic acids is 1. The number of β-amino-alcohol motifs (C(OH)–C–C–N with tert-alkyl or cyclic N) is 1. The standard InChI is InChI=1S/C26H29N5O5.4C19H26N4O2.C7H5NO4/c32-26(21-6-8-22(9-7-21)31(33)34)36-24-10-12-29(19-23(24)28-14-16-35-17-15-28)25-11-13-30(27-25)18-20-4-2-1-3-5-20;3*24-18-6-8-22(15-17(18)21-10-12-25-13-11-21)19-7-9-23(20-19)14-16-4-2-1-3-5-16;24-18-15-22(8-6-17(18)21-10-12-25-13-11-21)19-7-9-23(20-19)14-16-4-2-1-3-5-16;9-7(10)5-1-3-6(4-2-5)8(11)12/h1-9,11,13,23-24H,10,12,14-19H2;4*1-5,7,9,17-18,24H,6,8,10-15H2;1-4H,(H,9,10)/t23?,24-;3*17?,18-;17-,18?;/m01101./s1. The van der Waals surface area contributed by atoms with Crippen LogP contribution in [0.1, 0.15) is 80.6 Å². The van der Waals surface area contributed by atoms with Gasteiger partial charge in [0.2, 0.25) is 0 Å². The fourth-order valence-electron chi connectivity index (χ4n) is 20.7. The molecule has 0 aliphatic carbocycles. The van der Waals surface area contributed by atoms with Crippen molar-refractivity contribution in [3.05, 3.63) is 321 Å². The number of morpholine rings is 5. The summed E-state index contributed by atoms with van der Waals surface area (Å²) in [5.74, 6) is 3.31. The van der Waals surface area contributed by atoms with Gasteiger partial charge in [0.15, 0.2) is 29.1 Å². The molecule has 0 spiro atoms. The third-order valence-corrected chi connectivity index (χ3v) is 28.9. The van der Waals surface area contributed by atoms with Gasteiger partial charge in [-0.2, -0.15) is 25.5 Å². The fraction of sp³-hybridized carbons (Fsp3) is 0.459. The number of carboxylic acid groups (broad SMARTS) is 1. The van der Waals surface area contributed by atoms with Crippen molar-refractivity contribution in [1.29, 1.82) is 0 Å². The number of ether oxygens (including phenoxy) is 6. The van der Waals surface area contributed by atoms with Crippen molar-refractivity contribution in [2.45, 2.75) is 126 Å². The molecule has 0 bridgehead atoms. The number of nitrogens with zero attached hydrogens (tertiary/aromatic N) is 22. The number of aliphatic hydroxyl groups excluding tert-OH is 4. The van der Waals surface area contributed by atoms with Gasteiger partial charge in [0.25, 0.3) is 11.4 Å². The highest BCUT2D eigenvalue weighted by Crippen LogP contribution is 2.32. The van der Waals surface area contributed by atoms with E-state index in [2.05, 4.69) is 164 Å². The molecule has 786 valence electrons. The minimum Gasteiger partial charge on any atom is -0.478 e. The molecule has 10 fully saturated rings. The number of nitro groups is 2.